The fraction of sp³-hybridized carbons (Fsp3) is 0.167. The number of amides is 2. The van der Waals surface area contributed by atoms with Crippen molar-refractivity contribution in [3.63, 3.8) is 0 Å². The van der Waals surface area contributed by atoms with Gasteiger partial charge in [-0.2, -0.15) is 0 Å². The van der Waals surface area contributed by atoms with E-state index in [-0.39, 0.29) is 31.8 Å². The van der Waals surface area contributed by atoms with Crippen molar-refractivity contribution in [1.82, 2.24) is 4.90 Å². The number of hydrogen-bond donors (Lipinski definition) is 0. The number of nitrogens with zero attached hydrogens (tertiary/aromatic N) is 1. The molecule has 2 heterocycles. The summed E-state index contributed by atoms with van der Waals surface area (Å²) in [5, 5.41) is 0. The van der Waals surface area contributed by atoms with Crippen LogP contribution in [0.2, 0.25) is 0 Å². The molecule has 7 nitrogen and oxygen atoms in total. The molecule has 0 saturated heterocycles. The quantitative estimate of drug-likeness (QED) is 0.625. The largest absolute Gasteiger partial charge is 0.460 e. The Bertz CT molecular complexity index is 856. The molecule has 0 bridgehead atoms. The van der Waals surface area contributed by atoms with Crippen LogP contribution in [-0.4, -0.2) is 42.6 Å². The minimum Gasteiger partial charge on any atom is -0.460 e. The Balaban J connectivity index is 1.38. The molecule has 2 amide bonds. The van der Waals surface area contributed by atoms with Crippen LogP contribution in [0.5, 0.6) is 11.5 Å². The van der Waals surface area contributed by atoms with E-state index in [4.69, 9.17) is 14.2 Å². The topological polar surface area (TPSA) is 82.1 Å². The third-order valence-corrected chi connectivity index (χ3v) is 4.03. The summed E-state index contributed by atoms with van der Waals surface area (Å²) in [6.07, 6.45) is 0. The summed E-state index contributed by atoms with van der Waals surface area (Å²) in [4.78, 5) is 37.6. The monoisotopic (exact) mass is 339 g/mol. The summed E-state index contributed by atoms with van der Waals surface area (Å²) < 4.78 is 15.6. The van der Waals surface area contributed by atoms with Crippen LogP contribution in [0.1, 0.15) is 31.1 Å². The first-order valence-electron chi connectivity index (χ1n) is 7.67. The first-order chi connectivity index (χ1) is 12.1. The molecular weight excluding hydrogens is 326 g/mol. The maximum Gasteiger partial charge on any atom is 0.338 e. The van der Waals surface area contributed by atoms with Crippen LogP contribution in [-0.2, 0) is 4.74 Å². The standard InChI is InChI=1S/C18H13NO6/c20-16-12-3-1-2-4-13(12)17(21)19(16)7-8-23-18(22)11-5-6-14-15(9-11)25-10-24-14/h1-6,9H,7-8,10H2. The molecule has 0 N–H and O–H groups in total. The Labute approximate surface area is 142 Å². The average Bonchev–Trinajstić information content (AvgIpc) is 3.20. The molecule has 0 saturated carbocycles. The molecule has 0 aromatic heterocycles. The summed E-state index contributed by atoms with van der Waals surface area (Å²) in [5.41, 5.74) is 1.05. The van der Waals surface area contributed by atoms with Gasteiger partial charge in [-0.1, -0.05) is 12.1 Å². The molecule has 0 aliphatic carbocycles. The van der Waals surface area contributed by atoms with Crippen LogP contribution in [0.3, 0.4) is 0 Å². The van der Waals surface area contributed by atoms with Crippen molar-refractivity contribution in [1.29, 1.82) is 0 Å². The van der Waals surface area contributed by atoms with E-state index in [1.807, 2.05) is 0 Å². The molecule has 7 heteroatoms. The van der Waals surface area contributed by atoms with Crippen LogP contribution < -0.4 is 9.47 Å². The van der Waals surface area contributed by atoms with E-state index in [0.29, 0.717) is 28.2 Å². The lowest BCUT2D eigenvalue weighted by molar-refractivity contribution is 0.0420. The molecule has 0 unspecified atom stereocenters. The highest BCUT2D eigenvalue weighted by molar-refractivity contribution is 6.21. The second-order valence-electron chi connectivity index (χ2n) is 5.51. The summed E-state index contributed by atoms with van der Waals surface area (Å²) in [6, 6.07) is 11.3. The average molecular weight is 339 g/mol. The second kappa shape index (κ2) is 5.94. The minimum atomic E-state index is -0.560. The van der Waals surface area contributed by atoms with Gasteiger partial charge in [-0.3, -0.25) is 14.5 Å². The Morgan fingerprint density at radius 2 is 1.68 bits per heavy atom. The van der Waals surface area contributed by atoms with Crippen molar-refractivity contribution in [2.75, 3.05) is 19.9 Å². The van der Waals surface area contributed by atoms with Crippen molar-refractivity contribution in [2.45, 2.75) is 0 Å². The van der Waals surface area contributed by atoms with Crippen molar-refractivity contribution in [3.8, 4) is 11.5 Å². The van der Waals surface area contributed by atoms with Gasteiger partial charge in [0.2, 0.25) is 6.79 Å². The molecule has 4 rings (SSSR count). The zero-order valence-electron chi connectivity index (χ0n) is 13.1. The number of carbonyl (C=O) groups excluding carboxylic acids is 3. The van der Waals surface area contributed by atoms with Gasteiger partial charge in [-0.25, -0.2) is 4.79 Å². The number of carbonyl (C=O) groups is 3. The third kappa shape index (κ3) is 2.59. The number of ether oxygens (including phenoxy) is 3. The van der Waals surface area contributed by atoms with E-state index < -0.39 is 5.97 Å². The highest BCUT2D eigenvalue weighted by atomic mass is 16.7. The Morgan fingerprint density at radius 3 is 2.40 bits per heavy atom. The molecule has 0 spiro atoms. The number of rotatable bonds is 4. The van der Waals surface area contributed by atoms with Gasteiger partial charge in [0.15, 0.2) is 11.5 Å². The van der Waals surface area contributed by atoms with Gasteiger partial charge in [0.25, 0.3) is 11.8 Å². The van der Waals surface area contributed by atoms with Crippen molar-refractivity contribution in [2.24, 2.45) is 0 Å². The SMILES string of the molecule is O=C(OCCN1C(=O)c2ccccc2C1=O)c1ccc2c(c1)OCO2. The van der Waals surface area contributed by atoms with E-state index in [9.17, 15) is 14.4 Å². The summed E-state index contributed by atoms with van der Waals surface area (Å²) in [7, 11) is 0. The molecule has 2 aliphatic heterocycles. The Hall–Kier alpha value is -3.35. The van der Waals surface area contributed by atoms with Gasteiger partial charge >= 0.3 is 5.97 Å². The van der Waals surface area contributed by atoms with E-state index in [2.05, 4.69) is 0 Å². The van der Waals surface area contributed by atoms with Crippen LogP contribution in [0, 0.1) is 0 Å². The highest BCUT2D eigenvalue weighted by Gasteiger charge is 2.34. The lowest BCUT2D eigenvalue weighted by Crippen LogP contribution is -2.33. The summed E-state index contributed by atoms with van der Waals surface area (Å²) >= 11 is 0. The molecule has 0 fully saturated rings. The van der Waals surface area contributed by atoms with E-state index in [0.717, 1.165) is 4.90 Å². The van der Waals surface area contributed by atoms with Gasteiger partial charge in [0.1, 0.15) is 6.61 Å². The second-order valence-corrected chi connectivity index (χ2v) is 5.51. The lowest BCUT2D eigenvalue weighted by atomic mass is 10.1. The van der Waals surface area contributed by atoms with Gasteiger partial charge in [0.05, 0.1) is 23.2 Å². The molecule has 2 aliphatic rings. The van der Waals surface area contributed by atoms with Gasteiger partial charge in [-0.15, -0.1) is 0 Å². The van der Waals surface area contributed by atoms with Crippen molar-refractivity contribution >= 4 is 17.8 Å². The molecular formula is C18H13NO6. The number of esters is 1. The van der Waals surface area contributed by atoms with E-state index in [1.165, 1.54) is 6.07 Å². The van der Waals surface area contributed by atoms with Crippen molar-refractivity contribution < 1.29 is 28.6 Å². The van der Waals surface area contributed by atoms with Crippen LogP contribution in [0.25, 0.3) is 0 Å². The fourth-order valence-electron chi connectivity index (χ4n) is 2.78. The zero-order valence-corrected chi connectivity index (χ0v) is 13.1. The van der Waals surface area contributed by atoms with Crippen LogP contribution >= 0.6 is 0 Å². The first-order valence-corrected chi connectivity index (χ1v) is 7.67. The van der Waals surface area contributed by atoms with Crippen LogP contribution in [0.4, 0.5) is 0 Å². The normalized spacial score (nSPS) is 14.6. The number of hydrogen-bond acceptors (Lipinski definition) is 6. The summed E-state index contributed by atoms with van der Waals surface area (Å²) in [6.45, 7) is 0.0367. The predicted octanol–water partition coefficient (Wildman–Crippen LogP) is 1.87. The molecule has 25 heavy (non-hydrogen) atoms. The van der Waals surface area contributed by atoms with Gasteiger partial charge in [0, 0.05) is 0 Å². The summed E-state index contributed by atoms with van der Waals surface area (Å²) in [5.74, 6) is -0.258. The predicted molar refractivity (Wildman–Crippen MR) is 84.7 cm³/mol. The number of fused-ring (bicyclic) bond motifs is 2. The van der Waals surface area contributed by atoms with Gasteiger partial charge < -0.3 is 14.2 Å². The molecule has 2 aromatic carbocycles. The van der Waals surface area contributed by atoms with Crippen molar-refractivity contribution in [3.05, 3.63) is 59.2 Å². The maximum atomic E-state index is 12.2. The smallest absolute Gasteiger partial charge is 0.338 e. The van der Waals surface area contributed by atoms with E-state index >= 15 is 0 Å². The first kappa shape index (κ1) is 15.2. The Kier molecular flexibility index (Phi) is 3.61. The fourth-order valence-corrected chi connectivity index (χ4v) is 2.78. The van der Waals surface area contributed by atoms with Crippen LogP contribution in [0.15, 0.2) is 42.5 Å². The molecule has 0 radical (unpaired) electrons. The lowest BCUT2D eigenvalue weighted by Gasteiger charge is -2.13. The Morgan fingerprint density at radius 1 is 1.00 bits per heavy atom. The maximum absolute atomic E-state index is 12.2. The zero-order chi connectivity index (χ0) is 17.4. The number of imide groups is 1. The van der Waals surface area contributed by atoms with Gasteiger partial charge in [-0.05, 0) is 30.3 Å². The highest BCUT2D eigenvalue weighted by Crippen LogP contribution is 2.32. The molecule has 2 aromatic rings. The molecule has 126 valence electrons. The van der Waals surface area contributed by atoms with E-state index in [1.54, 1.807) is 36.4 Å². The minimum absolute atomic E-state index is 0.00262. The third-order valence-electron chi connectivity index (χ3n) is 4.03. The molecule has 0 atom stereocenters. The number of benzene rings is 2.